The quantitative estimate of drug-likeness (QED) is 0.804. The van der Waals surface area contributed by atoms with Gasteiger partial charge in [0.1, 0.15) is 5.03 Å². The number of fused-ring (bicyclic) bond motifs is 1. The van der Waals surface area contributed by atoms with Crippen molar-refractivity contribution >= 4 is 28.7 Å². The molecule has 21 heavy (non-hydrogen) atoms. The van der Waals surface area contributed by atoms with E-state index in [9.17, 15) is 4.79 Å². The minimum Gasteiger partial charge on any atom is -0.339 e. The van der Waals surface area contributed by atoms with Gasteiger partial charge in [-0.1, -0.05) is 23.9 Å². The van der Waals surface area contributed by atoms with Crippen LogP contribution in [0.15, 0.2) is 35.5 Å². The van der Waals surface area contributed by atoms with E-state index >= 15 is 0 Å². The van der Waals surface area contributed by atoms with Crippen molar-refractivity contribution < 1.29 is 4.79 Å². The topological polar surface area (TPSA) is 49.3 Å². The molecule has 3 rings (SSSR count). The molecule has 5 nitrogen and oxygen atoms in total. The van der Waals surface area contributed by atoms with Crippen molar-refractivity contribution in [3.63, 3.8) is 0 Å². The lowest BCUT2D eigenvalue weighted by Gasteiger charge is -2.32. The van der Waals surface area contributed by atoms with Gasteiger partial charge < -0.3 is 9.80 Å². The number of rotatable bonds is 3. The van der Waals surface area contributed by atoms with Crippen LogP contribution in [0, 0.1) is 0 Å². The highest BCUT2D eigenvalue weighted by Crippen LogP contribution is 2.18. The van der Waals surface area contributed by atoms with Gasteiger partial charge in [0.2, 0.25) is 5.91 Å². The van der Waals surface area contributed by atoms with E-state index in [4.69, 9.17) is 0 Å². The maximum atomic E-state index is 12.2. The van der Waals surface area contributed by atoms with Crippen LogP contribution in [0.4, 0.5) is 0 Å². The average Bonchev–Trinajstić information content (AvgIpc) is 2.53. The number of hydrogen-bond acceptors (Lipinski definition) is 5. The van der Waals surface area contributed by atoms with Gasteiger partial charge in [0, 0.05) is 26.2 Å². The molecule has 1 aromatic heterocycles. The maximum Gasteiger partial charge on any atom is 0.233 e. The van der Waals surface area contributed by atoms with Crippen LogP contribution in [-0.4, -0.2) is 64.7 Å². The second-order valence-corrected chi connectivity index (χ2v) is 6.17. The van der Waals surface area contributed by atoms with Crippen molar-refractivity contribution in [1.82, 2.24) is 19.8 Å². The van der Waals surface area contributed by atoms with Gasteiger partial charge in [-0.15, -0.1) is 0 Å². The summed E-state index contributed by atoms with van der Waals surface area (Å²) >= 11 is 1.46. The summed E-state index contributed by atoms with van der Waals surface area (Å²) in [6.45, 7) is 3.54. The zero-order valence-electron chi connectivity index (χ0n) is 12.0. The number of piperazine rings is 1. The Bertz CT molecular complexity index is 640. The Morgan fingerprint density at radius 3 is 2.67 bits per heavy atom. The molecule has 1 aliphatic heterocycles. The lowest BCUT2D eigenvalue weighted by Crippen LogP contribution is -2.47. The zero-order valence-corrected chi connectivity index (χ0v) is 12.8. The van der Waals surface area contributed by atoms with E-state index in [0.717, 1.165) is 42.2 Å². The van der Waals surface area contributed by atoms with E-state index in [-0.39, 0.29) is 5.91 Å². The molecule has 0 bridgehead atoms. The van der Waals surface area contributed by atoms with Crippen LogP contribution in [0.1, 0.15) is 0 Å². The van der Waals surface area contributed by atoms with E-state index in [1.165, 1.54) is 11.8 Å². The van der Waals surface area contributed by atoms with E-state index in [2.05, 4.69) is 21.9 Å². The molecule has 1 saturated heterocycles. The standard InChI is InChI=1S/C15H18N4OS/c1-18-6-8-19(9-7-18)15(20)11-21-14-10-16-12-4-2-3-5-13(12)17-14/h2-5,10H,6-9,11H2,1H3. The van der Waals surface area contributed by atoms with Crippen LogP contribution >= 0.6 is 11.8 Å². The lowest BCUT2D eigenvalue weighted by molar-refractivity contribution is -0.129. The Balaban J connectivity index is 1.59. The van der Waals surface area contributed by atoms with Crippen molar-refractivity contribution in [3.05, 3.63) is 30.5 Å². The van der Waals surface area contributed by atoms with Crippen molar-refractivity contribution in [3.8, 4) is 0 Å². The smallest absolute Gasteiger partial charge is 0.233 e. The zero-order chi connectivity index (χ0) is 14.7. The molecule has 1 aliphatic rings. The summed E-state index contributed by atoms with van der Waals surface area (Å²) in [6.07, 6.45) is 1.74. The molecule has 2 heterocycles. The number of hydrogen-bond donors (Lipinski definition) is 0. The molecule has 1 fully saturated rings. The van der Waals surface area contributed by atoms with Crippen LogP contribution in [0.25, 0.3) is 11.0 Å². The summed E-state index contributed by atoms with van der Waals surface area (Å²) in [5.41, 5.74) is 1.75. The van der Waals surface area contributed by atoms with E-state index in [0.29, 0.717) is 5.75 Å². The molecule has 2 aromatic rings. The highest BCUT2D eigenvalue weighted by atomic mass is 32.2. The normalized spacial score (nSPS) is 16.3. The third-order valence-electron chi connectivity index (χ3n) is 3.63. The largest absolute Gasteiger partial charge is 0.339 e. The second-order valence-electron chi connectivity index (χ2n) is 5.17. The number of carbonyl (C=O) groups is 1. The Labute approximate surface area is 128 Å². The van der Waals surface area contributed by atoms with Gasteiger partial charge in [0.25, 0.3) is 0 Å². The molecule has 1 amide bonds. The summed E-state index contributed by atoms with van der Waals surface area (Å²) in [6, 6.07) is 7.77. The molecule has 0 aliphatic carbocycles. The molecular weight excluding hydrogens is 284 g/mol. The first-order chi connectivity index (χ1) is 10.2. The summed E-state index contributed by atoms with van der Waals surface area (Å²) in [5, 5.41) is 0.802. The van der Waals surface area contributed by atoms with Gasteiger partial charge in [-0.25, -0.2) is 4.98 Å². The van der Waals surface area contributed by atoms with E-state index in [1.54, 1.807) is 6.20 Å². The van der Waals surface area contributed by atoms with Gasteiger partial charge in [-0.05, 0) is 19.2 Å². The Kier molecular flexibility index (Phi) is 4.36. The highest BCUT2D eigenvalue weighted by molar-refractivity contribution is 7.99. The van der Waals surface area contributed by atoms with Crippen molar-refractivity contribution in [2.75, 3.05) is 39.0 Å². The van der Waals surface area contributed by atoms with Crippen LogP contribution in [0.3, 0.4) is 0 Å². The number of para-hydroxylation sites is 2. The predicted octanol–water partition coefficient (Wildman–Crippen LogP) is 1.50. The minimum atomic E-state index is 0.183. The number of aromatic nitrogens is 2. The van der Waals surface area contributed by atoms with Crippen molar-refractivity contribution in [2.24, 2.45) is 0 Å². The number of benzene rings is 1. The van der Waals surface area contributed by atoms with Gasteiger partial charge in [0.05, 0.1) is 23.0 Å². The van der Waals surface area contributed by atoms with Crippen LogP contribution in [0.2, 0.25) is 0 Å². The fourth-order valence-electron chi connectivity index (χ4n) is 2.29. The fourth-order valence-corrected chi connectivity index (χ4v) is 3.04. The third kappa shape index (κ3) is 3.51. The van der Waals surface area contributed by atoms with Crippen LogP contribution in [0.5, 0.6) is 0 Å². The SMILES string of the molecule is CN1CCN(C(=O)CSc2cnc3ccccc3n2)CC1. The lowest BCUT2D eigenvalue weighted by atomic mass is 10.3. The number of amides is 1. The predicted molar refractivity (Wildman–Crippen MR) is 84.3 cm³/mol. The summed E-state index contributed by atoms with van der Waals surface area (Å²) < 4.78 is 0. The van der Waals surface area contributed by atoms with Crippen molar-refractivity contribution in [2.45, 2.75) is 5.03 Å². The highest BCUT2D eigenvalue weighted by Gasteiger charge is 2.19. The second kappa shape index (κ2) is 6.41. The van der Waals surface area contributed by atoms with Gasteiger partial charge in [-0.2, -0.15) is 0 Å². The molecule has 0 unspecified atom stereocenters. The monoisotopic (exact) mass is 302 g/mol. The molecule has 1 aromatic carbocycles. The first-order valence-electron chi connectivity index (χ1n) is 7.03. The molecule has 0 atom stereocenters. The first-order valence-corrected chi connectivity index (χ1v) is 8.02. The van der Waals surface area contributed by atoms with Gasteiger partial charge in [-0.3, -0.25) is 9.78 Å². The Hall–Kier alpha value is -1.66. The molecule has 0 saturated carbocycles. The number of nitrogens with zero attached hydrogens (tertiary/aromatic N) is 4. The molecule has 0 spiro atoms. The number of likely N-dealkylation sites (N-methyl/N-ethyl adjacent to an activating group) is 1. The minimum absolute atomic E-state index is 0.183. The van der Waals surface area contributed by atoms with Crippen LogP contribution in [-0.2, 0) is 4.79 Å². The molecular formula is C15H18N4OS. The Morgan fingerprint density at radius 1 is 1.19 bits per heavy atom. The third-order valence-corrected chi connectivity index (χ3v) is 4.51. The summed E-state index contributed by atoms with van der Waals surface area (Å²) in [7, 11) is 2.08. The molecule has 0 radical (unpaired) electrons. The summed E-state index contributed by atoms with van der Waals surface area (Å²) in [4.78, 5) is 25.2. The van der Waals surface area contributed by atoms with Crippen molar-refractivity contribution in [1.29, 1.82) is 0 Å². The first kappa shape index (κ1) is 14.3. The van der Waals surface area contributed by atoms with Gasteiger partial charge >= 0.3 is 0 Å². The van der Waals surface area contributed by atoms with E-state index in [1.807, 2.05) is 29.2 Å². The molecule has 6 heteroatoms. The number of thioether (sulfide) groups is 1. The van der Waals surface area contributed by atoms with E-state index < -0.39 is 0 Å². The van der Waals surface area contributed by atoms with Crippen LogP contribution < -0.4 is 0 Å². The molecule has 0 N–H and O–H groups in total. The van der Waals surface area contributed by atoms with Gasteiger partial charge in [0.15, 0.2) is 0 Å². The average molecular weight is 302 g/mol. The number of carbonyl (C=O) groups excluding carboxylic acids is 1. The fraction of sp³-hybridized carbons (Fsp3) is 0.400. The molecule has 110 valence electrons. The maximum absolute atomic E-state index is 12.2. The Morgan fingerprint density at radius 2 is 1.90 bits per heavy atom. The summed E-state index contributed by atoms with van der Waals surface area (Å²) in [5.74, 6) is 0.611.